The lowest BCUT2D eigenvalue weighted by molar-refractivity contribution is -0.119. The van der Waals surface area contributed by atoms with Crippen molar-refractivity contribution in [2.75, 3.05) is 5.75 Å². The largest absolute Gasteiger partial charge is 0.478 e. The SMILES string of the molecule is CC(C)NC(=O)CSCc1cc(C(=O)O)ccc1F. The third-order valence-electron chi connectivity index (χ3n) is 2.23. The number of benzene rings is 1. The Morgan fingerprint density at radius 3 is 2.68 bits per heavy atom. The molecule has 0 spiro atoms. The number of thioether (sulfide) groups is 1. The fourth-order valence-corrected chi connectivity index (χ4v) is 2.25. The molecule has 2 N–H and O–H groups in total. The summed E-state index contributed by atoms with van der Waals surface area (Å²) in [6.45, 7) is 3.72. The third-order valence-corrected chi connectivity index (χ3v) is 3.21. The molecule has 1 rings (SSSR count). The Morgan fingerprint density at radius 1 is 1.42 bits per heavy atom. The van der Waals surface area contributed by atoms with E-state index in [9.17, 15) is 14.0 Å². The van der Waals surface area contributed by atoms with Crippen LogP contribution in [0.5, 0.6) is 0 Å². The predicted molar refractivity (Wildman–Crippen MR) is 72.8 cm³/mol. The molecular formula is C13H16FNO3S. The van der Waals surface area contributed by atoms with Crippen molar-refractivity contribution in [2.45, 2.75) is 25.6 Å². The summed E-state index contributed by atoms with van der Waals surface area (Å²) in [5.41, 5.74) is 0.339. The minimum absolute atomic E-state index is 0.0450. The van der Waals surface area contributed by atoms with Gasteiger partial charge >= 0.3 is 5.97 Å². The summed E-state index contributed by atoms with van der Waals surface area (Å²) >= 11 is 1.25. The number of carbonyl (C=O) groups is 2. The maximum atomic E-state index is 13.5. The first-order valence-corrected chi connectivity index (χ1v) is 6.94. The highest BCUT2D eigenvalue weighted by molar-refractivity contribution is 7.99. The van der Waals surface area contributed by atoms with Crippen LogP contribution in [0.15, 0.2) is 18.2 Å². The summed E-state index contributed by atoms with van der Waals surface area (Å²) in [5.74, 6) is -1.19. The van der Waals surface area contributed by atoms with Gasteiger partial charge in [-0.3, -0.25) is 4.79 Å². The molecule has 0 heterocycles. The van der Waals surface area contributed by atoms with Gasteiger partial charge in [0.2, 0.25) is 5.91 Å². The van der Waals surface area contributed by atoms with E-state index in [2.05, 4.69) is 5.32 Å². The normalized spacial score (nSPS) is 10.5. The minimum Gasteiger partial charge on any atom is -0.478 e. The second-order valence-electron chi connectivity index (χ2n) is 4.33. The van der Waals surface area contributed by atoms with Gasteiger partial charge in [-0.2, -0.15) is 0 Å². The summed E-state index contributed by atoms with van der Waals surface area (Å²) < 4.78 is 13.5. The van der Waals surface area contributed by atoms with E-state index < -0.39 is 11.8 Å². The van der Waals surface area contributed by atoms with Crippen molar-refractivity contribution in [1.29, 1.82) is 0 Å². The van der Waals surface area contributed by atoms with Crippen molar-refractivity contribution in [3.63, 3.8) is 0 Å². The Bertz CT molecular complexity index is 477. The molecule has 19 heavy (non-hydrogen) atoms. The van der Waals surface area contributed by atoms with Crippen LogP contribution in [0.2, 0.25) is 0 Å². The summed E-state index contributed by atoms with van der Waals surface area (Å²) in [4.78, 5) is 22.2. The monoisotopic (exact) mass is 285 g/mol. The number of carbonyl (C=O) groups excluding carboxylic acids is 1. The Balaban J connectivity index is 2.55. The molecule has 6 heteroatoms. The molecule has 0 aliphatic carbocycles. The van der Waals surface area contributed by atoms with Crippen LogP contribution in [0.1, 0.15) is 29.8 Å². The molecule has 0 bridgehead atoms. The number of halogens is 1. The van der Waals surface area contributed by atoms with Gasteiger partial charge in [0.1, 0.15) is 5.82 Å². The number of hydrogen-bond donors (Lipinski definition) is 2. The van der Waals surface area contributed by atoms with Crippen molar-refractivity contribution >= 4 is 23.6 Å². The van der Waals surface area contributed by atoms with Crippen LogP contribution < -0.4 is 5.32 Å². The maximum absolute atomic E-state index is 13.5. The molecule has 0 aromatic heterocycles. The first-order valence-electron chi connectivity index (χ1n) is 5.79. The number of rotatable bonds is 6. The molecule has 0 unspecified atom stereocenters. The molecule has 0 fully saturated rings. The lowest BCUT2D eigenvalue weighted by Gasteiger charge is -2.08. The van der Waals surface area contributed by atoms with Crippen molar-refractivity contribution in [3.8, 4) is 0 Å². The third kappa shape index (κ3) is 5.30. The zero-order valence-corrected chi connectivity index (χ0v) is 11.6. The lowest BCUT2D eigenvalue weighted by atomic mass is 10.1. The molecule has 1 aromatic carbocycles. The topological polar surface area (TPSA) is 66.4 Å². The van der Waals surface area contributed by atoms with Crippen LogP contribution in [0.3, 0.4) is 0 Å². The van der Waals surface area contributed by atoms with E-state index in [1.165, 1.54) is 23.9 Å². The van der Waals surface area contributed by atoms with Crippen molar-refractivity contribution in [1.82, 2.24) is 5.32 Å². The summed E-state index contributed by atoms with van der Waals surface area (Å²) in [5, 5.41) is 11.5. The molecule has 0 aliphatic rings. The molecule has 104 valence electrons. The summed E-state index contributed by atoms with van der Waals surface area (Å²) in [7, 11) is 0. The van der Waals surface area contributed by atoms with Crippen LogP contribution in [-0.4, -0.2) is 28.8 Å². The number of hydrogen-bond acceptors (Lipinski definition) is 3. The van der Waals surface area contributed by atoms with Crippen molar-refractivity contribution in [3.05, 3.63) is 35.1 Å². The first kappa shape index (κ1) is 15.5. The fraction of sp³-hybridized carbons (Fsp3) is 0.385. The molecule has 4 nitrogen and oxygen atoms in total. The highest BCUT2D eigenvalue weighted by Gasteiger charge is 2.09. The van der Waals surface area contributed by atoms with Crippen LogP contribution in [0.25, 0.3) is 0 Å². The second kappa shape index (κ2) is 7.13. The lowest BCUT2D eigenvalue weighted by Crippen LogP contribution is -2.31. The van der Waals surface area contributed by atoms with Crippen LogP contribution in [-0.2, 0) is 10.5 Å². The van der Waals surface area contributed by atoms with E-state index in [1.807, 2.05) is 13.8 Å². The van der Waals surface area contributed by atoms with E-state index >= 15 is 0 Å². The Kier molecular flexibility index (Phi) is 5.82. The number of carboxylic acids is 1. The van der Waals surface area contributed by atoms with E-state index in [-0.39, 0.29) is 29.0 Å². The van der Waals surface area contributed by atoms with Gasteiger partial charge in [-0.05, 0) is 37.6 Å². The molecule has 0 atom stereocenters. The second-order valence-corrected chi connectivity index (χ2v) is 5.31. The Labute approximate surface area is 115 Å². The molecule has 0 saturated carbocycles. The van der Waals surface area contributed by atoms with Gasteiger partial charge in [0.15, 0.2) is 0 Å². The fourth-order valence-electron chi connectivity index (χ4n) is 1.44. The average molecular weight is 285 g/mol. The minimum atomic E-state index is -1.09. The van der Waals surface area contributed by atoms with Crippen LogP contribution in [0, 0.1) is 5.82 Å². The van der Waals surface area contributed by atoms with Gasteiger partial charge in [-0.25, -0.2) is 9.18 Å². The summed E-state index contributed by atoms with van der Waals surface area (Å²) in [6, 6.07) is 3.72. The molecular weight excluding hydrogens is 269 g/mol. The van der Waals surface area contributed by atoms with Gasteiger partial charge in [0.05, 0.1) is 11.3 Å². The maximum Gasteiger partial charge on any atom is 0.335 e. The average Bonchev–Trinajstić information content (AvgIpc) is 2.30. The zero-order chi connectivity index (χ0) is 14.4. The molecule has 0 radical (unpaired) electrons. The quantitative estimate of drug-likeness (QED) is 0.841. The zero-order valence-electron chi connectivity index (χ0n) is 10.8. The molecule has 1 aromatic rings. The highest BCUT2D eigenvalue weighted by atomic mass is 32.2. The van der Waals surface area contributed by atoms with E-state index in [4.69, 9.17) is 5.11 Å². The van der Waals surface area contributed by atoms with Gasteiger partial charge in [0, 0.05) is 11.8 Å². The number of aromatic carboxylic acids is 1. The van der Waals surface area contributed by atoms with Gasteiger partial charge in [0.25, 0.3) is 0 Å². The summed E-state index contributed by atoms with van der Waals surface area (Å²) in [6.07, 6.45) is 0. The molecule has 0 aliphatic heterocycles. The van der Waals surface area contributed by atoms with E-state index in [1.54, 1.807) is 0 Å². The van der Waals surface area contributed by atoms with Crippen molar-refractivity contribution in [2.24, 2.45) is 0 Å². The number of nitrogens with one attached hydrogen (secondary N) is 1. The standard InChI is InChI=1S/C13H16FNO3S/c1-8(2)15-12(16)7-19-6-10-5-9(13(17)18)3-4-11(10)14/h3-5,8H,6-7H2,1-2H3,(H,15,16)(H,17,18). The van der Waals surface area contributed by atoms with Crippen LogP contribution in [0.4, 0.5) is 4.39 Å². The van der Waals surface area contributed by atoms with Gasteiger partial charge < -0.3 is 10.4 Å². The Hall–Kier alpha value is -1.56. The van der Waals surface area contributed by atoms with Gasteiger partial charge in [-0.1, -0.05) is 0 Å². The highest BCUT2D eigenvalue weighted by Crippen LogP contribution is 2.17. The van der Waals surface area contributed by atoms with Crippen LogP contribution >= 0.6 is 11.8 Å². The molecule has 1 amide bonds. The number of amides is 1. The van der Waals surface area contributed by atoms with E-state index in [0.29, 0.717) is 5.56 Å². The smallest absolute Gasteiger partial charge is 0.335 e. The van der Waals surface area contributed by atoms with Crippen molar-refractivity contribution < 1.29 is 19.1 Å². The Morgan fingerprint density at radius 2 is 2.11 bits per heavy atom. The number of carboxylic acid groups (broad SMARTS) is 1. The predicted octanol–water partition coefficient (Wildman–Crippen LogP) is 2.28. The first-order chi connectivity index (χ1) is 8.90. The van der Waals surface area contributed by atoms with Gasteiger partial charge in [-0.15, -0.1) is 11.8 Å². The molecule has 0 saturated heterocycles. The van der Waals surface area contributed by atoms with E-state index in [0.717, 1.165) is 6.07 Å².